The predicted molar refractivity (Wildman–Crippen MR) is 95.7 cm³/mol. The molecule has 0 spiro atoms. The lowest BCUT2D eigenvalue weighted by atomic mass is 10.1. The Hall–Kier alpha value is -1.20. The average molecular weight is 355 g/mol. The fourth-order valence-corrected chi connectivity index (χ4v) is 3.57. The number of carbonyl (C=O) groups excluding carboxylic acids is 2. The van der Waals surface area contributed by atoms with Gasteiger partial charge >= 0.3 is 0 Å². The van der Waals surface area contributed by atoms with Crippen molar-refractivity contribution in [1.82, 2.24) is 10.2 Å². The van der Waals surface area contributed by atoms with E-state index in [0.717, 1.165) is 37.2 Å². The number of hydrogen-bond donors (Lipinski definition) is 1. The Morgan fingerprint density at radius 3 is 2.74 bits per heavy atom. The van der Waals surface area contributed by atoms with Gasteiger partial charge in [0.15, 0.2) is 0 Å². The summed E-state index contributed by atoms with van der Waals surface area (Å²) in [5.74, 6) is 1.27. The summed E-state index contributed by atoms with van der Waals surface area (Å²) in [6, 6.07) is 7.64. The van der Waals surface area contributed by atoms with E-state index in [4.69, 9.17) is 11.6 Å². The van der Waals surface area contributed by atoms with E-state index in [1.165, 1.54) is 6.42 Å². The molecule has 1 aliphatic heterocycles. The largest absolute Gasteiger partial charge is 0.355 e. The van der Waals surface area contributed by atoms with Crippen molar-refractivity contribution >= 4 is 35.2 Å². The molecule has 4 nitrogen and oxygen atoms in total. The highest BCUT2D eigenvalue weighted by molar-refractivity contribution is 7.99. The quantitative estimate of drug-likeness (QED) is 0.818. The molecular weight excluding hydrogens is 332 g/mol. The van der Waals surface area contributed by atoms with Crippen LogP contribution in [0.4, 0.5) is 0 Å². The first-order valence-corrected chi connectivity index (χ1v) is 9.55. The molecule has 1 fully saturated rings. The van der Waals surface area contributed by atoms with Crippen LogP contribution in [0, 0.1) is 0 Å². The fraction of sp³-hybridized carbons (Fsp3) is 0.529. The first-order valence-electron chi connectivity index (χ1n) is 8.02. The van der Waals surface area contributed by atoms with Crippen molar-refractivity contribution in [2.24, 2.45) is 0 Å². The van der Waals surface area contributed by atoms with E-state index in [1.54, 1.807) is 11.8 Å². The average Bonchev–Trinajstić information content (AvgIpc) is 2.55. The number of rotatable bonds is 7. The van der Waals surface area contributed by atoms with Crippen molar-refractivity contribution in [3.8, 4) is 0 Å². The normalized spacial score (nSPS) is 14.6. The van der Waals surface area contributed by atoms with E-state index in [-0.39, 0.29) is 11.8 Å². The third kappa shape index (κ3) is 6.83. The van der Waals surface area contributed by atoms with Gasteiger partial charge < -0.3 is 10.2 Å². The summed E-state index contributed by atoms with van der Waals surface area (Å²) in [6.07, 6.45) is 3.80. The van der Waals surface area contributed by atoms with Crippen LogP contribution in [0.2, 0.25) is 5.02 Å². The van der Waals surface area contributed by atoms with Gasteiger partial charge in [-0.15, -0.1) is 11.8 Å². The van der Waals surface area contributed by atoms with E-state index in [9.17, 15) is 9.59 Å². The van der Waals surface area contributed by atoms with Gasteiger partial charge in [0.05, 0.1) is 5.75 Å². The molecule has 126 valence electrons. The van der Waals surface area contributed by atoms with Gasteiger partial charge in [0, 0.05) is 36.8 Å². The summed E-state index contributed by atoms with van der Waals surface area (Å²) in [5, 5.41) is 3.53. The molecule has 23 heavy (non-hydrogen) atoms. The topological polar surface area (TPSA) is 49.4 Å². The molecule has 1 aliphatic rings. The molecule has 0 bridgehead atoms. The zero-order valence-electron chi connectivity index (χ0n) is 13.2. The number of hydrogen-bond acceptors (Lipinski definition) is 3. The maximum atomic E-state index is 12.0. The van der Waals surface area contributed by atoms with E-state index in [1.807, 2.05) is 29.2 Å². The van der Waals surface area contributed by atoms with Crippen molar-refractivity contribution in [2.45, 2.75) is 31.4 Å². The van der Waals surface area contributed by atoms with Crippen LogP contribution in [-0.2, 0) is 15.3 Å². The van der Waals surface area contributed by atoms with Crippen molar-refractivity contribution in [2.75, 3.05) is 25.4 Å². The zero-order valence-corrected chi connectivity index (χ0v) is 14.8. The first-order chi connectivity index (χ1) is 11.1. The Morgan fingerprint density at radius 1 is 1.22 bits per heavy atom. The Bertz CT molecular complexity index is 533. The SMILES string of the molecule is O=C(CSCc1cccc(Cl)c1)NCCC(=O)N1CCCCC1. The van der Waals surface area contributed by atoms with Crippen LogP contribution in [0.25, 0.3) is 0 Å². The summed E-state index contributed by atoms with van der Waals surface area (Å²) < 4.78 is 0. The third-order valence-corrected chi connectivity index (χ3v) is 5.00. The smallest absolute Gasteiger partial charge is 0.230 e. The second kappa shape index (κ2) is 9.83. The van der Waals surface area contributed by atoms with Crippen LogP contribution in [0.15, 0.2) is 24.3 Å². The minimum atomic E-state index is -0.0246. The van der Waals surface area contributed by atoms with Crippen LogP contribution >= 0.6 is 23.4 Å². The maximum absolute atomic E-state index is 12.0. The van der Waals surface area contributed by atoms with Gasteiger partial charge in [-0.05, 0) is 37.0 Å². The number of likely N-dealkylation sites (tertiary alicyclic amines) is 1. The maximum Gasteiger partial charge on any atom is 0.230 e. The first kappa shape index (κ1) is 18.1. The highest BCUT2D eigenvalue weighted by Crippen LogP contribution is 2.16. The molecule has 0 radical (unpaired) electrons. The molecule has 0 saturated carbocycles. The van der Waals surface area contributed by atoms with Crippen LogP contribution in [0.3, 0.4) is 0 Å². The number of thioether (sulfide) groups is 1. The van der Waals surface area contributed by atoms with E-state index in [0.29, 0.717) is 23.7 Å². The lowest BCUT2D eigenvalue weighted by molar-refractivity contribution is -0.132. The molecule has 1 N–H and O–H groups in total. The van der Waals surface area contributed by atoms with Gasteiger partial charge in [0.2, 0.25) is 11.8 Å². The van der Waals surface area contributed by atoms with Crippen LogP contribution < -0.4 is 5.32 Å². The standard InChI is InChI=1S/C17H23ClN2O2S/c18-15-6-4-5-14(11-15)12-23-13-16(21)19-8-7-17(22)20-9-2-1-3-10-20/h4-6,11H,1-3,7-10,12-13H2,(H,19,21). The van der Waals surface area contributed by atoms with E-state index >= 15 is 0 Å². The lowest BCUT2D eigenvalue weighted by Gasteiger charge is -2.26. The molecule has 0 atom stereocenters. The minimum Gasteiger partial charge on any atom is -0.355 e. The summed E-state index contributed by atoms with van der Waals surface area (Å²) >= 11 is 7.47. The van der Waals surface area contributed by atoms with E-state index < -0.39 is 0 Å². The Balaban J connectivity index is 1.57. The second-order valence-electron chi connectivity index (χ2n) is 5.66. The Kier molecular flexibility index (Phi) is 7.76. The van der Waals surface area contributed by atoms with Gasteiger partial charge in [0.25, 0.3) is 0 Å². The predicted octanol–water partition coefficient (Wildman–Crippen LogP) is 3.09. The van der Waals surface area contributed by atoms with E-state index in [2.05, 4.69) is 5.32 Å². The van der Waals surface area contributed by atoms with Gasteiger partial charge in [0.1, 0.15) is 0 Å². The fourth-order valence-electron chi connectivity index (χ4n) is 2.55. The Labute approximate surface area is 146 Å². The Morgan fingerprint density at radius 2 is 2.00 bits per heavy atom. The van der Waals surface area contributed by atoms with Gasteiger partial charge in [-0.2, -0.15) is 0 Å². The molecule has 2 rings (SSSR count). The molecule has 1 saturated heterocycles. The number of nitrogens with one attached hydrogen (secondary N) is 1. The monoisotopic (exact) mass is 354 g/mol. The van der Waals surface area contributed by atoms with Gasteiger partial charge in [-0.1, -0.05) is 23.7 Å². The van der Waals surface area contributed by atoms with Crippen molar-refractivity contribution in [1.29, 1.82) is 0 Å². The number of amides is 2. The number of nitrogens with zero attached hydrogens (tertiary/aromatic N) is 1. The highest BCUT2D eigenvalue weighted by atomic mass is 35.5. The number of halogens is 1. The van der Waals surface area contributed by atoms with Crippen LogP contribution in [0.5, 0.6) is 0 Å². The van der Waals surface area contributed by atoms with Crippen molar-refractivity contribution in [3.05, 3.63) is 34.9 Å². The third-order valence-electron chi connectivity index (χ3n) is 3.76. The van der Waals surface area contributed by atoms with Gasteiger partial charge in [-0.3, -0.25) is 9.59 Å². The number of carbonyl (C=O) groups is 2. The summed E-state index contributed by atoms with van der Waals surface area (Å²) in [6.45, 7) is 2.15. The molecule has 1 heterocycles. The molecule has 0 aliphatic carbocycles. The van der Waals surface area contributed by atoms with Crippen LogP contribution in [0.1, 0.15) is 31.2 Å². The van der Waals surface area contributed by atoms with Crippen molar-refractivity contribution in [3.63, 3.8) is 0 Å². The molecule has 6 heteroatoms. The molecule has 2 amide bonds. The molecule has 1 aromatic rings. The molecule has 1 aromatic carbocycles. The molecule has 0 aromatic heterocycles. The summed E-state index contributed by atoms with van der Waals surface area (Å²) in [5.41, 5.74) is 1.11. The number of benzene rings is 1. The van der Waals surface area contributed by atoms with Gasteiger partial charge in [-0.25, -0.2) is 0 Å². The second-order valence-corrected chi connectivity index (χ2v) is 7.09. The highest BCUT2D eigenvalue weighted by Gasteiger charge is 2.16. The van der Waals surface area contributed by atoms with Crippen molar-refractivity contribution < 1.29 is 9.59 Å². The minimum absolute atomic E-state index is 0.0246. The summed E-state index contributed by atoms with van der Waals surface area (Å²) in [4.78, 5) is 25.6. The zero-order chi connectivity index (χ0) is 16.5. The number of piperidine rings is 1. The lowest BCUT2D eigenvalue weighted by Crippen LogP contribution is -2.38. The molecule has 0 unspecified atom stereocenters. The van der Waals surface area contributed by atoms with Crippen LogP contribution in [-0.4, -0.2) is 42.1 Å². The summed E-state index contributed by atoms with van der Waals surface area (Å²) in [7, 11) is 0. The molecular formula is C17H23ClN2O2S.